The summed E-state index contributed by atoms with van der Waals surface area (Å²) in [6.07, 6.45) is -3.46. The van der Waals surface area contributed by atoms with Crippen LogP contribution in [0.4, 0.5) is 13.2 Å². The molecule has 0 bridgehead atoms. The number of rotatable bonds is 5. The molecule has 0 saturated heterocycles. The number of methoxy groups -OCH3 is 1. The number of benzene rings is 1. The van der Waals surface area contributed by atoms with Crippen LogP contribution in [0.5, 0.6) is 5.75 Å². The smallest absolute Gasteiger partial charge is 0.442 e. The highest BCUT2D eigenvalue weighted by atomic mass is 19.4. The van der Waals surface area contributed by atoms with Gasteiger partial charge in [0.2, 0.25) is 0 Å². The molecule has 25 heavy (non-hydrogen) atoms. The fourth-order valence-electron chi connectivity index (χ4n) is 2.42. The minimum absolute atomic E-state index is 0.00511. The number of nitrogens with one attached hydrogen (secondary N) is 1. The second kappa shape index (κ2) is 6.95. The Hall–Kier alpha value is -2.22. The number of hydrazine groups is 1. The number of amides is 1. The zero-order valence-corrected chi connectivity index (χ0v) is 14.2. The normalized spacial score (nSPS) is 20.5. The lowest BCUT2D eigenvalue weighted by Gasteiger charge is -2.33. The molecule has 1 atom stereocenters. The van der Waals surface area contributed by atoms with Gasteiger partial charge in [-0.1, -0.05) is 13.8 Å². The molecule has 1 amide bonds. The molecule has 0 spiro atoms. The van der Waals surface area contributed by atoms with Crippen molar-refractivity contribution in [3.8, 4) is 5.75 Å². The number of aliphatic hydroxyl groups is 1. The van der Waals surface area contributed by atoms with Crippen LogP contribution >= 0.6 is 0 Å². The predicted octanol–water partition coefficient (Wildman–Crippen LogP) is 3.23. The van der Waals surface area contributed by atoms with Crippen molar-refractivity contribution in [2.24, 2.45) is 5.92 Å². The van der Waals surface area contributed by atoms with E-state index in [2.05, 4.69) is 5.43 Å². The minimum Gasteiger partial charge on any atom is -0.497 e. The SMILES string of the molecule is COc1ccc(C(=O)N2NC(CCC(C)C)=CC2(O)C(F)(F)F)cc1. The summed E-state index contributed by atoms with van der Waals surface area (Å²) in [4.78, 5) is 12.5. The van der Waals surface area contributed by atoms with E-state index in [1.54, 1.807) is 0 Å². The van der Waals surface area contributed by atoms with E-state index < -0.39 is 17.8 Å². The summed E-state index contributed by atoms with van der Waals surface area (Å²) in [5.74, 6) is -0.251. The van der Waals surface area contributed by atoms with Gasteiger partial charge in [0.15, 0.2) is 0 Å². The summed E-state index contributed by atoms with van der Waals surface area (Å²) in [6.45, 7) is 3.87. The van der Waals surface area contributed by atoms with Gasteiger partial charge in [-0.25, -0.2) is 5.01 Å². The van der Waals surface area contributed by atoms with Crippen molar-refractivity contribution in [3.63, 3.8) is 0 Å². The van der Waals surface area contributed by atoms with Crippen molar-refractivity contribution >= 4 is 5.91 Å². The number of ether oxygens (including phenoxy) is 1. The topological polar surface area (TPSA) is 61.8 Å². The van der Waals surface area contributed by atoms with Crippen LogP contribution in [0.1, 0.15) is 37.0 Å². The molecule has 8 heteroatoms. The van der Waals surface area contributed by atoms with Gasteiger partial charge in [0, 0.05) is 11.3 Å². The first-order valence-corrected chi connectivity index (χ1v) is 7.84. The number of hydrogen-bond acceptors (Lipinski definition) is 4. The average Bonchev–Trinajstić information content (AvgIpc) is 2.90. The number of allylic oxidation sites excluding steroid dienone is 1. The first-order chi connectivity index (χ1) is 11.6. The lowest BCUT2D eigenvalue weighted by Crippen LogP contribution is -2.60. The Labute approximate surface area is 144 Å². The summed E-state index contributed by atoms with van der Waals surface area (Å²) in [5, 5.41) is 10.4. The number of nitrogens with zero attached hydrogens (tertiary/aromatic N) is 1. The third kappa shape index (κ3) is 3.89. The van der Waals surface area contributed by atoms with Crippen molar-refractivity contribution in [1.29, 1.82) is 0 Å². The van der Waals surface area contributed by atoms with Crippen LogP contribution in [0.15, 0.2) is 36.0 Å². The fourth-order valence-corrected chi connectivity index (χ4v) is 2.42. The van der Waals surface area contributed by atoms with Crippen LogP contribution < -0.4 is 10.2 Å². The molecule has 0 aromatic heterocycles. The van der Waals surface area contributed by atoms with E-state index in [4.69, 9.17) is 4.74 Å². The molecule has 0 fully saturated rings. The molecular formula is C17H21F3N2O3. The average molecular weight is 358 g/mol. The maximum Gasteiger partial charge on any atom is 0.442 e. The van der Waals surface area contributed by atoms with Gasteiger partial charge in [0.25, 0.3) is 11.6 Å². The number of halogens is 3. The van der Waals surface area contributed by atoms with Gasteiger partial charge in [0.1, 0.15) is 5.75 Å². The monoisotopic (exact) mass is 358 g/mol. The highest BCUT2D eigenvalue weighted by Gasteiger charge is 2.61. The zero-order chi connectivity index (χ0) is 18.8. The third-order valence-corrected chi connectivity index (χ3v) is 3.92. The molecule has 1 aromatic carbocycles. The standard InChI is InChI=1S/C17H21F3N2O3/c1-11(2)4-7-13-10-16(24,17(18,19)20)22(21-13)15(23)12-5-8-14(25-3)9-6-12/h5-6,8-11,21,24H,4,7H2,1-3H3. The Kier molecular flexibility index (Phi) is 5.31. The van der Waals surface area contributed by atoms with Gasteiger partial charge in [-0.05, 0) is 49.1 Å². The van der Waals surface area contributed by atoms with Crippen molar-refractivity contribution in [1.82, 2.24) is 10.4 Å². The number of carbonyl (C=O) groups excluding carboxylic acids is 1. The van der Waals surface area contributed by atoms with E-state index in [1.165, 1.54) is 31.4 Å². The Balaban J connectivity index is 2.29. The van der Waals surface area contributed by atoms with E-state index in [1.807, 2.05) is 13.8 Å². The largest absolute Gasteiger partial charge is 0.497 e. The van der Waals surface area contributed by atoms with Crippen LogP contribution in [0.3, 0.4) is 0 Å². The quantitative estimate of drug-likeness (QED) is 0.848. The molecule has 0 radical (unpaired) electrons. The van der Waals surface area contributed by atoms with Gasteiger partial charge in [-0.3, -0.25) is 10.2 Å². The molecule has 138 valence electrons. The summed E-state index contributed by atoms with van der Waals surface area (Å²) < 4.78 is 45.2. The second-order valence-electron chi connectivity index (χ2n) is 6.31. The van der Waals surface area contributed by atoms with Crippen molar-refractivity contribution in [2.45, 2.75) is 38.6 Å². The van der Waals surface area contributed by atoms with Gasteiger partial charge in [-0.2, -0.15) is 13.2 Å². The van der Waals surface area contributed by atoms with E-state index >= 15 is 0 Å². The highest BCUT2D eigenvalue weighted by molar-refractivity contribution is 5.95. The zero-order valence-electron chi connectivity index (χ0n) is 14.2. The number of alkyl halides is 3. The lowest BCUT2D eigenvalue weighted by molar-refractivity contribution is -0.283. The molecule has 1 aliphatic rings. The number of hydrogen-bond donors (Lipinski definition) is 2. The van der Waals surface area contributed by atoms with E-state index in [0.29, 0.717) is 24.7 Å². The maximum absolute atomic E-state index is 13.4. The van der Waals surface area contributed by atoms with Crippen molar-refractivity contribution < 1.29 is 27.8 Å². The van der Waals surface area contributed by atoms with Crippen molar-refractivity contribution in [3.05, 3.63) is 41.6 Å². The molecule has 1 aliphatic heterocycles. The fraction of sp³-hybridized carbons (Fsp3) is 0.471. The Morgan fingerprint density at radius 2 is 1.92 bits per heavy atom. The van der Waals surface area contributed by atoms with Crippen LogP contribution in [0.2, 0.25) is 0 Å². The van der Waals surface area contributed by atoms with Crippen LogP contribution in [0, 0.1) is 5.92 Å². The van der Waals surface area contributed by atoms with E-state index in [-0.39, 0.29) is 22.2 Å². The molecule has 1 aromatic rings. The molecule has 0 saturated carbocycles. The molecule has 1 unspecified atom stereocenters. The Bertz CT molecular complexity index is 656. The summed E-state index contributed by atoms with van der Waals surface area (Å²) in [6, 6.07) is 5.60. The van der Waals surface area contributed by atoms with Crippen LogP contribution in [-0.4, -0.2) is 35.0 Å². The first-order valence-electron chi connectivity index (χ1n) is 7.84. The summed E-state index contributed by atoms with van der Waals surface area (Å²) in [5.41, 5.74) is -0.821. The van der Waals surface area contributed by atoms with E-state index in [0.717, 1.165) is 0 Å². The molecule has 5 nitrogen and oxygen atoms in total. The maximum atomic E-state index is 13.4. The molecule has 0 aliphatic carbocycles. The summed E-state index contributed by atoms with van der Waals surface area (Å²) >= 11 is 0. The molecule has 2 rings (SSSR count). The lowest BCUT2D eigenvalue weighted by atomic mass is 10.1. The van der Waals surface area contributed by atoms with Gasteiger partial charge < -0.3 is 9.84 Å². The Morgan fingerprint density at radius 3 is 2.40 bits per heavy atom. The Morgan fingerprint density at radius 1 is 1.32 bits per heavy atom. The predicted molar refractivity (Wildman–Crippen MR) is 85.5 cm³/mol. The highest BCUT2D eigenvalue weighted by Crippen LogP contribution is 2.39. The molecular weight excluding hydrogens is 337 g/mol. The third-order valence-electron chi connectivity index (χ3n) is 3.92. The van der Waals surface area contributed by atoms with E-state index in [9.17, 15) is 23.1 Å². The minimum atomic E-state index is -5.04. The van der Waals surface area contributed by atoms with Gasteiger partial charge >= 0.3 is 6.18 Å². The van der Waals surface area contributed by atoms with Gasteiger partial charge in [-0.15, -0.1) is 0 Å². The van der Waals surface area contributed by atoms with Crippen LogP contribution in [-0.2, 0) is 0 Å². The van der Waals surface area contributed by atoms with Crippen molar-refractivity contribution in [2.75, 3.05) is 7.11 Å². The molecule has 2 N–H and O–H groups in total. The number of carbonyl (C=O) groups is 1. The first kappa shape index (κ1) is 19.1. The second-order valence-corrected chi connectivity index (χ2v) is 6.31. The van der Waals surface area contributed by atoms with Crippen LogP contribution in [0.25, 0.3) is 0 Å². The van der Waals surface area contributed by atoms with Gasteiger partial charge in [0.05, 0.1) is 7.11 Å². The molecule has 1 heterocycles. The summed E-state index contributed by atoms with van der Waals surface area (Å²) in [7, 11) is 1.44.